The molecule has 1 fully saturated rings. The van der Waals surface area contributed by atoms with E-state index in [0.717, 1.165) is 29.3 Å². The van der Waals surface area contributed by atoms with E-state index < -0.39 is 0 Å². The molecule has 0 unspecified atom stereocenters. The zero-order valence-corrected chi connectivity index (χ0v) is 19.5. The zero-order valence-electron chi connectivity index (χ0n) is 18.7. The standard InChI is InChI=1S/C25H30N2O3S/c1-5-8-15-27-24(28)23(31-25(27)26-20-12-9-18(4)10-13-20)17-19-11-14-21(29-6-2)22(16-19)30-7-3/h9-14,16-17H,5-8,15H2,1-4H3/b23-17+,26-25?. The molecule has 0 atom stereocenters. The molecule has 0 aromatic heterocycles. The molecule has 2 aromatic carbocycles. The van der Waals surface area contributed by atoms with Crippen molar-refractivity contribution in [2.24, 2.45) is 4.99 Å². The highest BCUT2D eigenvalue weighted by Gasteiger charge is 2.33. The number of aryl methyl sites for hydroxylation is 1. The van der Waals surface area contributed by atoms with Crippen LogP contribution in [-0.2, 0) is 4.79 Å². The average Bonchev–Trinajstić information content (AvgIpc) is 3.04. The van der Waals surface area contributed by atoms with Crippen LogP contribution in [0, 0.1) is 6.92 Å². The highest BCUT2D eigenvalue weighted by molar-refractivity contribution is 8.18. The number of nitrogens with zero attached hydrogens (tertiary/aromatic N) is 2. The third kappa shape index (κ3) is 5.91. The summed E-state index contributed by atoms with van der Waals surface area (Å²) in [7, 11) is 0. The van der Waals surface area contributed by atoms with Gasteiger partial charge in [-0.3, -0.25) is 9.69 Å². The van der Waals surface area contributed by atoms with Gasteiger partial charge in [-0.25, -0.2) is 4.99 Å². The van der Waals surface area contributed by atoms with Crippen LogP contribution in [0.25, 0.3) is 6.08 Å². The summed E-state index contributed by atoms with van der Waals surface area (Å²) >= 11 is 1.42. The Hall–Kier alpha value is -2.73. The predicted octanol–water partition coefficient (Wildman–Crippen LogP) is 6.20. The number of carbonyl (C=O) groups excluding carboxylic acids is 1. The van der Waals surface area contributed by atoms with Crippen molar-refractivity contribution < 1.29 is 14.3 Å². The van der Waals surface area contributed by atoms with Crippen LogP contribution in [0.15, 0.2) is 52.4 Å². The molecule has 6 heteroatoms. The lowest BCUT2D eigenvalue weighted by molar-refractivity contribution is -0.122. The molecule has 164 valence electrons. The Labute approximate surface area is 189 Å². The lowest BCUT2D eigenvalue weighted by atomic mass is 10.2. The van der Waals surface area contributed by atoms with Gasteiger partial charge in [0.1, 0.15) is 0 Å². The number of carbonyl (C=O) groups is 1. The van der Waals surface area contributed by atoms with E-state index in [4.69, 9.17) is 14.5 Å². The van der Waals surface area contributed by atoms with Crippen molar-refractivity contribution in [3.8, 4) is 11.5 Å². The molecule has 0 spiro atoms. The highest BCUT2D eigenvalue weighted by atomic mass is 32.2. The maximum absolute atomic E-state index is 13.2. The van der Waals surface area contributed by atoms with E-state index in [0.29, 0.717) is 36.2 Å². The lowest BCUT2D eigenvalue weighted by Gasteiger charge is -2.14. The summed E-state index contributed by atoms with van der Waals surface area (Å²) < 4.78 is 11.4. The molecule has 31 heavy (non-hydrogen) atoms. The topological polar surface area (TPSA) is 51.1 Å². The van der Waals surface area contributed by atoms with Crippen LogP contribution < -0.4 is 9.47 Å². The highest BCUT2D eigenvalue weighted by Crippen LogP contribution is 2.36. The minimum Gasteiger partial charge on any atom is -0.490 e. The zero-order chi connectivity index (χ0) is 22.2. The number of aliphatic imine (C=N–C) groups is 1. The first-order valence-corrected chi connectivity index (χ1v) is 11.6. The Kier molecular flexibility index (Phi) is 8.18. The minimum atomic E-state index is -0.00356. The third-order valence-electron chi connectivity index (χ3n) is 4.75. The molecular formula is C25H30N2O3S. The lowest BCUT2D eigenvalue weighted by Crippen LogP contribution is -2.30. The fraction of sp³-hybridized carbons (Fsp3) is 0.360. The van der Waals surface area contributed by atoms with E-state index >= 15 is 0 Å². The third-order valence-corrected chi connectivity index (χ3v) is 5.75. The van der Waals surface area contributed by atoms with Crippen molar-refractivity contribution in [2.75, 3.05) is 19.8 Å². The van der Waals surface area contributed by atoms with Crippen LogP contribution in [0.3, 0.4) is 0 Å². The molecule has 0 radical (unpaired) electrons. The largest absolute Gasteiger partial charge is 0.490 e. The van der Waals surface area contributed by atoms with Crippen LogP contribution >= 0.6 is 11.8 Å². The molecule has 0 aliphatic carbocycles. The van der Waals surface area contributed by atoms with Crippen molar-refractivity contribution in [3.63, 3.8) is 0 Å². The first-order chi connectivity index (χ1) is 15.0. The van der Waals surface area contributed by atoms with Gasteiger partial charge in [-0.05, 0) is 74.9 Å². The monoisotopic (exact) mass is 438 g/mol. The maximum Gasteiger partial charge on any atom is 0.266 e. The van der Waals surface area contributed by atoms with Crippen molar-refractivity contribution in [2.45, 2.75) is 40.5 Å². The van der Waals surface area contributed by atoms with E-state index in [1.165, 1.54) is 17.3 Å². The molecular weight excluding hydrogens is 408 g/mol. The molecule has 1 aliphatic rings. The molecule has 2 aromatic rings. The molecule has 1 amide bonds. The number of ether oxygens (including phenoxy) is 2. The van der Waals surface area contributed by atoms with Gasteiger partial charge >= 0.3 is 0 Å². The number of hydrogen-bond acceptors (Lipinski definition) is 5. The van der Waals surface area contributed by atoms with Crippen LogP contribution in [0.5, 0.6) is 11.5 Å². The maximum atomic E-state index is 13.2. The quantitative estimate of drug-likeness (QED) is 0.438. The van der Waals surface area contributed by atoms with E-state index in [-0.39, 0.29) is 5.91 Å². The fourth-order valence-electron chi connectivity index (χ4n) is 3.14. The summed E-state index contributed by atoms with van der Waals surface area (Å²) in [4.78, 5) is 20.4. The Morgan fingerprint density at radius 3 is 2.39 bits per heavy atom. The number of benzene rings is 2. The number of thioether (sulfide) groups is 1. The summed E-state index contributed by atoms with van der Waals surface area (Å²) in [6, 6.07) is 13.8. The van der Waals surface area contributed by atoms with Crippen LogP contribution in [0.2, 0.25) is 0 Å². The van der Waals surface area contributed by atoms with E-state index in [1.54, 1.807) is 4.90 Å². The van der Waals surface area contributed by atoms with Gasteiger partial charge in [-0.15, -0.1) is 0 Å². The van der Waals surface area contributed by atoms with Crippen molar-refractivity contribution in [3.05, 3.63) is 58.5 Å². The average molecular weight is 439 g/mol. The van der Waals surface area contributed by atoms with Gasteiger partial charge in [0.2, 0.25) is 0 Å². The molecule has 1 heterocycles. The van der Waals surface area contributed by atoms with Crippen molar-refractivity contribution in [1.82, 2.24) is 4.90 Å². The summed E-state index contributed by atoms with van der Waals surface area (Å²) in [6.07, 6.45) is 3.85. The number of hydrogen-bond donors (Lipinski definition) is 0. The second-order valence-electron chi connectivity index (χ2n) is 7.22. The smallest absolute Gasteiger partial charge is 0.266 e. The minimum absolute atomic E-state index is 0.00356. The number of amidine groups is 1. The second-order valence-corrected chi connectivity index (χ2v) is 8.23. The molecule has 3 rings (SSSR count). The summed E-state index contributed by atoms with van der Waals surface area (Å²) in [5.74, 6) is 1.39. The molecule has 0 bridgehead atoms. The molecule has 1 aliphatic heterocycles. The predicted molar refractivity (Wildman–Crippen MR) is 129 cm³/mol. The normalized spacial score (nSPS) is 16.4. The first kappa shape index (κ1) is 22.9. The Morgan fingerprint density at radius 1 is 1.00 bits per heavy atom. The van der Waals surface area contributed by atoms with E-state index in [2.05, 4.69) is 6.92 Å². The number of unbranched alkanes of at least 4 members (excludes halogenated alkanes) is 1. The van der Waals surface area contributed by atoms with Gasteiger partial charge in [-0.1, -0.05) is 37.1 Å². The second kappa shape index (κ2) is 11.0. The summed E-state index contributed by atoms with van der Waals surface area (Å²) in [5, 5.41) is 0.726. The molecule has 0 N–H and O–H groups in total. The van der Waals surface area contributed by atoms with E-state index in [1.807, 2.05) is 69.3 Å². The SMILES string of the molecule is CCCCN1C(=O)/C(=C\c2ccc(OCC)c(OCC)c2)SC1=Nc1ccc(C)cc1. The van der Waals surface area contributed by atoms with Gasteiger partial charge in [0.05, 0.1) is 23.8 Å². The van der Waals surface area contributed by atoms with Crippen molar-refractivity contribution in [1.29, 1.82) is 0 Å². The Bertz CT molecular complexity index is 967. The molecule has 0 saturated carbocycles. The van der Waals surface area contributed by atoms with Gasteiger partial charge in [0, 0.05) is 6.54 Å². The molecule has 1 saturated heterocycles. The van der Waals surface area contributed by atoms with Crippen LogP contribution in [0.1, 0.15) is 44.7 Å². The van der Waals surface area contributed by atoms with Gasteiger partial charge in [-0.2, -0.15) is 0 Å². The summed E-state index contributed by atoms with van der Waals surface area (Å²) in [5.41, 5.74) is 2.93. The van der Waals surface area contributed by atoms with Crippen LogP contribution in [-0.4, -0.2) is 35.7 Å². The Morgan fingerprint density at radius 2 is 1.71 bits per heavy atom. The van der Waals surface area contributed by atoms with Crippen molar-refractivity contribution >= 4 is 34.6 Å². The van der Waals surface area contributed by atoms with Gasteiger partial charge in [0.15, 0.2) is 16.7 Å². The number of rotatable bonds is 9. The molecule has 5 nitrogen and oxygen atoms in total. The van der Waals surface area contributed by atoms with Gasteiger partial charge in [0.25, 0.3) is 5.91 Å². The Balaban J connectivity index is 1.92. The summed E-state index contributed by atoms with van der Waals surface area (Å²) in [6.45, 7) is 9.84. The van der Waals surface area contributed by atoms with Gasteiger partial charge < -0.3 is 9.47 Å². The van der Waals surface area contributed by atoms with E-state index in [9.17, 15) is 4.79 Å². The fourth-order valence-corrected chi connectivity index (χ4v) is 4.17. The first-order valence-electron chi connectivity index (χ1n) is 10.8. The number of amides is 1. The van der Waals surface area contributed by atoms with Crippen LogP contribution in [0.4, 0.5) is 5.69 Å².